The third-order valence-corrected chi connectivity index (χ3v) is 4.25. The van der Waals surface area contributed by atoms with Crippen molar-refractivity contribution in [3.8, 4) is 0 Å². The van der Waals surface area contributed by atoms with Crippen LogP contribution in [0.3, 0.4) is 0 Å². The van der Waals surface area contributed by atoms with Crippen molar-refractivity contribution in [3.63, 3.8) is 0 Å². The van der Waals surface area contributed by atoms with Crippen molar-refractivity contribution in [1.29, 1.82) is 0 Å². The van der Waals surface area contributed by atoms with E-state index < -0.39 is 11.5 Å². The van der Waals surface area contributed by atoms with Gasteiger partial charge in [0.1, 0.15) is 5.54 Å². The Bertz CT molecular complexity index is 542. The van der Waals surface area contributed by atoms with Gasteiger partial charge in [0.25, 0.3) is 5.91 Å². The van der Waals surface area contributed by atoms with E-state index in [0.29, 0.717) is 18.4 Å². The predicted molar refractivity (Wildman–Crippen MR) is 78.3 cm³/mol. The van der Waals surface area contributed by atoms with Crippen molar-refractivity contribution in [2.24, 2.45) is 0 Å². The molecule has 6 nitrogen and oxygen atoms in total. The molecule has 116 valence electrons. The summed E-state index contributed by atoms with van der Waals surface area (Å²) < 4.78 is 1.77. The highest BCUT2D eigenvalue weighted by Crippen LogP contribution is 2.29. The Labute approximate surface area is 124 Å². The van der Waals surface area contributed by atoms with E-state index in [9.17, 15) is 14.7 Å². The van der Waals surface area contributed by atoms with Crippen LogP contribution < -0.4 is 5.32 Å². The lowest BCUT2D eigenvalue weighted by atomic mass is 9.81. The molecule has 0 spiro atoms. The van der Waals surface area contributed by atoms with E-state index in [1.807, 2.05) is 20.8 Å². The second kappa shape index (κ2) is 5.87. The molecule has 0 unspecified atom stereocenters. The van der Waals surface area contributed by atoms with Crippen LogP contribution in [-0.2, 0) is 4.79 Å². The zero-order valence-corrected chi connectivity index (χ0v) is 12.8. The molecule has 1 fully saturated rings. The molecule has 1 aliphatic rings. The number of aliphatic carboxylic acids is 1. The fourth-order valence-electron chi connectivity index (χ4n) is 3.00. The lowest BCUT2D eigenvalue weighted by Crippen LogP contribution is -2.55. The van der Waals surface area contributed by atoms with Crippen LogP contribution in [0.2, 0.25) is 0 Å². The molecular formula is C15H23N3O3. The first-order valence-corrected chi connectivity index (χ1v) is 7.47. The van der Waals surface area contributed by atoms with Crippen LogP contribution in [0.4, 0.5) is 0 Å². The summed E-state index contributed by atoms with van der Waals surface area (Å²) >= 11 is 0. The van der Waals surface area contributed by atoms with Gasteiger partial charge >= 0.3 is 5.97 Å². The number of carbonyl (C=O) groups excluding carboxylic acids is 1. The smallest absolute Gasteiger partial charge is 0.329 e. The minimum Gasteiger partial charge on any atom is -0.480 e. The van der Waals surface area contributed by atoms with E-state index in [0.717, 1.165) is 25.0 Å². The standard InChI is InChI=1S/C15H23N3O3/c1-10(2)18-11(3)12(9-16-18)13(19)17-15(14(20)21)7-5-4-6-8-15/h9-10H,4-8H2,1-3H3,(H,17,19)(H,20,21). The molecule has 0 aliphatic heterocycles. The van der Waals surface area contributed by atoms with Crippen LogP contribution in [-0.4, -0.2) is 32.3 Å². The Kier molecular flexibility index (Phi) is 4.34. The Morgan fingerprint density at radius 2 is 1.95 bits per heavy atom. The lowest BCUT2D eigenvalue weighted by molar-refractivity contribution is -0.145. The van der Waals surface area contributed by atoms with Crippen LogP contribution in [0, 0.1) is 6.92 Å². The predicted octanol–water partition coefficient (Wildman–Crippen LogP) is 2.29. The average molecular weight is 293 g/mol. The third kappa shape index (κ3) is 2.94. The van der Waals surface area contributed by atoms with E-state index in [2.05, 4.69) is 10.4 Å². The number of carboxylic acids is 1. The first kappa shape index (κ1) is 15.5. The van der Waals surface area contributed by atoms with Gasteiger partial charge in [0.05, 0.1) is 11.8 Å². The van der Waals surface area contributed by atoms with Crippen molar-refractivity contribution in [3.05, 3.63) is 17.5 Å². The van der Waals surface area contributed by atoms with Gasteiger partial charge in [-0.3, -0.25) is 9.48 Å². The third-order valence-electron chi connectivity index (χ3n) is 4.25. The maximum absolute atomic E-state index is 12.5. The minimum absolute atomic E-state index is 0.162. The van der Waals surface area contributed by atoms with Crippen LogP contribution >= 0.6 is 0 Å². The second-order valence-corrected chi connectivity index (χ2v) is 6.08. The molecule has 0 saturated heterocycles. The number of aromatic nitrogens is 2. The molecule has 0 bridgehead atoms. The Morgan fingerprint density at radius 3 is 2.43 bits per heavy atom. The van der Waals surface area contributed by atoms with Gasteiger partial charge in [0, 0.05) is 11.7 Å². The highest BCUT2D eigenvalue weighted by molar-refractivity contribution is 5.98. The number of nitrogens with zero attached hydrogens (tertiary/aromatic N) is 2. The minimum atomic E-state index is -1.12. The number of hydrogen-bond acceptors (Lipinski definition) is 3. The average Bonchev–Trinajstić information content (AvgIpc) is 2.81. The van der Waals surface area contributed by atoms with Gasteiger partial charge in [-0.25, -0.2) is 4.79 Å². The fourth-order valence-corrected chi connectivity index (χ4v) is 3.00. The number of rotatable bonds is 4. The molecule has 1 saturated carbocycles. The van der Waals surface area contributed by atoms with Crippen LogP contribution in [0.15, 0.2) is 6.20 Å². The number of carbonyl (C=O) groups is 2. The summed E-state index contributed by atoms with van der Waals surface area (Å²) in [4.78, 5) is 24.1. The van der Waals surface area contributed by atoms with Crippen LogP contribution in [0.1, 0.15) is 68.0 Å². The molecule has 1 amide bonds. The summed E-state index contributed by atoms with van der Waals surface area (Å²) in [6, 6.07) is 0.162. The van der Waals surface area contributed by atoms with E-state index in [1.54, 1.807) is 4.68 Å². The monoisotopic (exact) mass is 293 g/mol. The molecule has 0 aromatic carbocycles. The Hall–Kier alpha value is -1.85. The molecule has 0 atom stereocenters. The van der Waals surface area contributed by atoms with E-state index in [-0.39, 0.29) is 11.9 Å². The van der Waals surface area contributed by atoms with Crippen molar-refractivity contribution < 1.29 is 14.7 Å². The van der Waals surface area contributed by atoms with Crippen molar-refractivity contribution in [1.82, 2.24) is 15.1 Å². The first-order chi connectivity index (χ1) is 9.87. The van der Waals surface area contributed by atoms with Crippen LogP contribution in [0.5, 0.6) is 0 Å². The topological polar surface area (TPSA) is 84.2 Å². The van der Waals surface area contributed by atoms with Gasteiger partial charge in [0.2, 0.25) is 0 Å². The van der Waals surface area contributed by atoms with Crippen molar-refractivity contribution in [2.75, 3.05) is 0 Å². The molecule has 1 aromatic heterocycles. The van der Waals surface area contributed by atoms with Gasteiger partial charge < -0.3 is 10.4 Å². The summed E-state index contributed by atoms with van der Waals surface area (Å²) in [7, 11) is 0. The number of hydrogen-bond donors (Lipinski definition) is 2. The van der Waals surface area contributed by atoms with Crippen molar-refractivity contribution in [2.45, 2.75) is 64.5 Å². The molecular weight excluding hydrogens is 270 g/mol. The maximum Gasteiger partial charge on any atom is 0.329 e. The van der Waals surface area contributed by atoms with Gasteiger partial charge in [-0.1, -0.05) is 19.3 Å². The van der Waals surface area contributed by atoms with Gasteiger partial charge in [0.15, 0.2) is 0 Å². The van der Waals surface area contributed by atoms with Gasteiger partial charge in [-0.05, 0) is 33.6 Å². The Balaban J connectivity index is 2.22. The van der Waals surface area contributed by atoms with Crippen molar-refractivity contribution >= 4 is 11.9 Å². The number of amides is 1. The fraction of sp³-hybridized carbons (Fsp3) is 0.667. The SMILES string of the molecule is Cc1c(C(=O)NC2(C(=O)O)CCCCC2)cnn1C(C)C. The Morgan fingerprint density at radius 1 is 1.33 bits per heavy atom. The van der Waals surface area contributed by atoms with E-state index >= 15 is 0 Å². The molecule has 21 heavy (non-hydrogen) atoms. The molecule has 2 rings (SSSR count). The summed E-state index contributed by atoms with van der Waals surface area (Å²) in [6.07, 6.45) is 5.18. The number of carboxylic acid groups (broad SMARTS) is 1. The lowest BCUT2D eigenvalue weighted by Gasteiger charge is -2.33. The van der Waals surface area contributed by atoms with Gasteiger partial charge in [-0.2, -0.15) is 5.10 Å². The summed E-state index contributed by atoms with van der Waals surface area (Å²) in [5.74, 6) is -1.28. The van der Waals surface area contributed by atoms with Gasteiger partial charge in [-0.15, -0.1) is 0 Å². The summed E-state index contributed by atoms with van der Waals surface area (Å²) in [5, 5.41) is 16.5. The number of nitrogens with one attached hydrogen (secondary N) is 1. The quantitative estimate of drug-likeness (QED) is 0.892. The highest BCUT2D eigenvalue weighted by atomic mass is 16.4. The van der Waals surface area contributed by atoms with E-state index in [1.165, 1.54) is 6.20 Å². The summed E-state index contributed by atoms with van der Waals surface area (Å²) in [6.45, 7) is 5.80. The molecule has 1 heterocycles. The normalized spacial score (nSPS) is 17.7. The molecule has 0 radical (unpaired) electrons. The summed E-state index contributed by atoms with van der Waals surface area (Å²) in [5.41, 5.74) is 0.0931. The van der Waals surface area contributed by atoms with Crippen LogP contribution in [0.25, 0.3) is 0 Å². The highest BCUT2D eigenvalue weighted by Gasteiger charge is 2.41. The second-order valence-electron chi connectivity index (χ2n) is 6.08. The molecule has 2 N–H and O–H groups in total. The molecule has 6 heteroatoms. The largest absolute Gasteiger partial charge is 0.480 e. The van der Waals surface area contributed by atoms with E-state index in [4.69, 9.17) is 0 Å². The first-order valence-electron chi connectivity index (χ1n) is 7.47. The zero-order valence-electron chi connectivity index (χ0n) is 12.8. The zero-order chi connectivity index (χ0) is 15.6. The molecule has 1 aliphatic carbocycles. The molecule has 1 aromatic rings. The maximum atomic E-state index is 12.5.